The Balaban J connectivity index is 1.82. The highest BCUT2D eigenvalue weighted by atomic mass is 16.1. The largest absolute Gasteiger partial charge is 0.349 e. The maximum atomic E-state index is 12.5. The molecule has 1 saturated heterocycles. The lowest BCUT2D eigenvalue weighted by Gasteiger charge is -2.39. The third kappa shape index (κ3) is 2.29. The van der Waals surface area contributed by atoms with Gasteiger partial charge in [0.05, 0.1) is 17.3 Å². The molecule has 3 rings (SSSR count). The third-order valence-corrected chi connectivity index (χ3v) is 4.11. The molecular weight excluding hydrogens is 252 g/mol. The predicted octanol–water partition coefficient (Wildman–Crippen LogP) is 1.45. The van der Waals surface area contributed by atoms with E-state index < -0.39 is 0 Å². The van der Waals surface area contributed by atoms with Crippen molar-refractivity contribution in [1.29, 1.82) is 0 Å². The van der Waals surface area contributed by atoms with Gasteiger partial charge in [0.2, 0.25) is 0 Å². The summed E-state index contributed by atoms with van der Waals surface area (Å²) in [4.78, 5) is 12.5. The number of hydrogen-bond donors (Lipinski definition) is 2. The molecule has 2 aromatic heterocycles. The van der Waals surface area contributed by atoms with Crippen LogP contribution in [0.1, 0.15) is 30.6 Å². The molecule has 5 nitrogen and oxygen atoms in total. The number of fused-ring (bicyclic) bond motifs is 1. The second-order valence-corrected chi connectivity index (χ2v) is 6.07. The minimum Gasteiger partial charge on any atom is -0.349 e. The van der Waals surface area contributed by atoms with E-state index in [0.29, 0.717) is 5.56 Å². The first-order chi connectivity index (χ1) is 9.58. The van der Waals surface area contributed by atoms with Gasteiger partial charge in [-0.15, -0.1) is 0 Å². The molecule has 2 N–H and O–H groups in total. The molecule has 3 heterocycles. The molecule has 0 spiro atoms. The summed E-state index contributed by atoms with van der Waals surface area (Å²) in [5, 5.41) is 10.8. The Kier molecular flexibility index (Phi) is 3.22. The van der Waals surface area contributed by atoms with Crippen molar-refractivity contribution in [2.75, 3.05) is 13.1 Å². The van der Waals surface area contributed by atoms with Crippen LogP contribution in [0.4, 0.5) is 0 Å². The first-order valence-corrected chi connectivity index (χ1v) is 7.02. The highest BCUT2D eigenvalue weighted by molar-refractivity contribution is 6.00. The highest BCUT2D eigenvalue weighted by Gasteiger charge is 2.33. The number of aromatic nitrogens is 2. The van der Waals surface area contributed by atoms with Gasteiger partial charge in [0.15, 0.2) is 0 Å². The van der Waals surface area contributed by atoms with Crippen molar-refractivity contribution in [3.63, 3.8) is 0 Å². The van der Waals surface area contributed by atoms with Crippen LogP contribution in [0.3, 0.4) is 0 Å². The Labute approximate surface area is 118 Å². The molecule has 0 aromatic carbocycles. The smallest absolute Gasteiger partial charge is 0.255 e. The molecule has 0 radical (unpaired) electrons. The lowest BCUT2D eigenvalue weighted by Crippen LogP contribution is -2.54. The van der Waals surface area contributed by atoms with Crippen LogP contribution in [0.25, 0.3) is 5.52 Å². The van der Waals surface area contributed by atoms with E-state index in [1.165, 1.54) is 0 Å². The molecule has 1 amide bonds. The van der Waals surface area contributed by atoms with Crippen LogP contribution in [0.2, 0.25) is 0 Å². The van der Waals surface area contributed by atoms with Crippen molar-refractivity contribution < 1.29 is 4.79 Å². The van der Waals surface area contributed by atoms with Crippen molar-refractivity contribution in [1.82, 2.24) is 20.2 Å². The van der Waals surface area contributed by atoms with Crippen molar-refractivity contribution in [2.24, 2.45) is 5.41 Å². The molecule has 0 saturated carbocycles. The number of nitrogens with zero attached hydrogens (tertiary/aromatic N) is 2. The fourth-order valence-electron chi connectivity index (χ4n) is 2.78. The van der Waals surface area contributed by atoms with Gasteiger partial charge in [-0.2, -0.15) is 5.10 Å². The molecular formula is C15H20N4O. The quantitative estimate of drug-likeness (QED) is 0.870. The topological polar surface area (TPSA) is 58.4 Å². The Morgan fingerprint density at radius 2 is 2.35 bits per heavy atom. The maximum Gasteiger partial charge on any atom is 0.255 e. The van der Waals surface area contributed by atoms with Gasteiger partial charge in [0.1, 0.15) is 0 Å². The second-order valence-electron chi connectivity index (χ2n) is 6.07. The van der Waals surface area contributed by atoms with Gasteiger partial charge in [-0.25, -0.2) is 4.52 Å². The van der Waals surface area contributed by atoms with E-state index >= 15 is 0 Å². The molecule has 2 aromatic rings. The normalized spacial score (nSPS) is 21.8. The third-order valence-electron chi connectivity index (χ3n) is 4.11. The van der Waals surface area contributed by atoms with Gasteiger partial charge in [0, 0.05) is 18.8 Å². The first kappa shape index (κ1) is 13.1. The van der Waals surface area contributed by atoms with Gasteiger partial charge in [-0.05, 0) is 30.5 Å². The maximum absolute atomic E-state index is 12.5. The number of piperidine rings is 1. The summed E-state index contributed by atoms with van der Waals surface area (Å²) >= 11 is 0. The van der Waals surface area contributed by atoms with E-state index in [4.69, 9.17) is 0 Å². The Morgan fingerprint density at radius 3 is 3.15 bits per heavy atom. The Morgan fingerprint density at radius 1 is 1.50 bits per heavy atom. The standard InChI is InChI=1S/C15H20N4O/c1-15(2)10-16-7-6-13(15)18-14(20)11-9-17-19-8-4-3-5-12(11)19/h3-5,8-9,13,16H,6-7,10H2,1-2H3,(H,18,20). The molecule has 1 aliphatic rings. The predicted molar refractivity (Wildman–Crippen MR) is 77.7 cm³/mol. The number of amides is 1. The monoisotopic (exact) mass is 272 g/mol. The average molecular weight is 272 g/mol. The molecule has 5 heteroatoms. The van der Waals surface area contributed by atoms with Crippen LogP contribution < -0.4 is 10.6 Å². The summed E-state index contributed by atoms with van der Waals surface area (Å²) in [6.45, 7) is 6.23. The van der Waals surface area contributed by atoms with E-state index in [2.05, 4.69) is 29.6 Å². The van der Waals surface area contributed by atoms with Gasteiger partial charge in [0.25, 0.3) is 5.91 Å². The van der Waals surface area contributed by atoms with Crippen LogP contribution in [-0.4, -0.2) is 34.7 Å². The second kappa shape index (κ2) is 4.90. The van der Waals surface area contributed by atoms with Crippen LogP contribution in [-0.2, 0) is 0 Å². The summed E-state index contributed by atoms with van der Waals surface area (Å²) < 4.78 is 1.72. The summed E-state index contributed by atoms with van der Waals surface area (Å²) in [6, 6.07) is 5.92. The summed E-state index contributed by atoms with van der Waals surface area (Å²) in [5.74, 6) is -0.0359. The SMILES string of the molecule is CC1(C)CNCCC1NC(=O)c1cnn2ccccc12. The minimum atomic E-state index is -0.0359. The highest BCUT2D eigenvalue weighted by Crippen LogP contribution is 2.25. The lowest BCUT2D eigenvalue weighted by molar-refractivity contribution is 0.0870. The molecule has 0 bridgehead atoms. The van der Waals surface area contributed by atoms with E-state index in [1.54, 1.807) is 10.7 Å². The molecule has 1 unspecified atom stereocenters. The number of carbonyl (C=O) groups is 1. The number of pyridine rings is 1. The van der Waals surface area contributed by atoms with Crippen molar-refractivity contribution in [2.45, 2.75) is 26.3 Å². The molecule has 106 valence electrons. The fourth-order valence-corrected chi connectivity index (χ4v) is 2.78. The molecule has 1 atom stereocenters. The van der Waals surface area contributed by atoms with E-state index in [0.717, 1.165) is 25.0 Å². The zero-order valence-electron chi connectivity index (χ0n) is 11.9. The Hall–Kier alpha value is -1.88. The zero-order chi connectivity index (χ0) is 14.2. The number of carbonyl (C=O) groups excluding carboxylic acids is 1. The van der Waals surface area contributed by atoms with Crippen LogP contribution in [0.15, 0.2) is 30.6 Å². The fraction of sp³-hybridized carbons (Fsp3) is 0.467. The van der Waals surface area contributed by atoms with Crippen molar-refractivity contribution in [3.05, 3.63) is 36.2 Å². The van der Waals surface area contributed by atoms with Gasteiger partial charge in [-0.1, -0.05) is 19.9 Å². The van der Waals surface area contributed by atoms with Gasteiger partial charge in [-0.3, -0.25) is 4.79 Å². The lowest BCUT2D eigenvalue weighted by atomic mass is 9.80. The average Bonchev–Trinajstić information content (AvgIpc) is 2.85. The number of rotatable bonds is 2. The van der Waals surface area contributed by atoms with Gasteiger partial charge >= 0.3 is 0 Å². The molecule has 0 aliphatic carbocycles. The minimum absolute atomic E-state index is 0.0359. The van der Waals surface area contributed by atoms with E-state index in [1.807, 2.05) is 24.4 Å². The van der Waals surface area contributed by atoms with Gasteiger partial charge < -0.3 is 10.6 Å². The number of nitrogens with one attached hydrogen (secondary N) is 2. The van der Waals surface area contributed by atoms with E-state index in [-0.39, 0.29) is 17.4 Å². The molecule has 20 heavy (non-hydrogen) atoms. The van der Waals surface area contributed by atoms with E-state index in [9.17, 15) is 4.79 Å². The van der Waals surface area contributed by atoms with Crippen LogP contribution in [0.5, 0.6) is 0 Å². The van der Waals surface area contributed by atoms with Crippen LogP contribution >= 0.6 is 0 Å². The zero-order valence-corrected chi connectivity index (χ0v) is 11.9. The summed E-state index contributed by atoms with van der Waals surface area (Å²) in [7, 11) is 0. The van der Waals surface area contributed by atoms with Crippen molar-refractivity contribution in [3.8, 4) is 0 Å². The van der Waals surface area contributed by atoms with Crippen molar-refractivity contribution >= 4 is 11.4 Å². The first-order valence-electron chi connectivity index (χ1n) is 7.02. The molecule has 1 aliphatic heterocycles. The molecule has 1 fully saturated rings. The summed E-state index contributed by atoms with van der Waals surface area (Å²) in [5.41, 5.74) is 1.55. The number of hydrogen-bond acceptors (Lipinski definition) is 3. The Bertz CT molecular complexity index is 632. The van der Waals surface area contributed by atoms with Crippen LogP contribution in [0, 0.1) is 5.41 Å². The summed E-state index contributed by atoms with van der Waals surface area (Å²) in [6.07, 6.45) is 4.44.